The molecule has 29 heavy (non-hydrogen) atoms. The van der Waals surface area contributed by atoms with Crippen molar-refractivity contribution >= 4 is 23.1 Å². The van der Waals surface area contributed by atoms with E-state index in [4.69, 9.17) is 15.5 Å². The van der Waals surface area contributed by atoms with Crippen molar-refractivity contribution in [1.82, 2.24) is 15.3 Å². The summed E-state index contributed by atoms with van der Waals surface area (Å²) in [7, 11) is 0. The van der Waals surface area contributed by atoms with Crippen LogP contribution in [-0.2, 0) is 4.79 Å². The van der Waals surface area contributed by atoms with Crippen LogP contribution in [0, 0.1) is 0 Å². The summed E-state index contributed by atoms with van der Waals surface area (Å²) in [6.07, 6.45) is 5.60. The fourth-order valence-corrected chi connectivity index (χ4v) is 4.28. The topological polar surface area (TPSA) is 102 Å². The average Bonchev–Trinajstić information content (AvgIpc) is 2.67. The van der Waals surface area contributed by atoms with Crippen molar-refractivity contribution in [2.45, 2.75) is 64.0 Å². The van der Waals surface area contributed by atoms with Gasteiger partial charge in [-0.05, 0) is 51.0 Å². The third-order valence-electron chi connectivity index (χ3n) is 5.75. The van der Waals surface area contributed by atoms with E-state index in [2.05, 4.69) is 39.6 Å². The zero-order valence-electron chi connectivity index (χ0n) is 17.1. The zero-order valence-corrected chi connectivity index (χ0v) is 17.1. The van der Waals surface area contributed by atoms with E-state index in [-0.39, 0.29) is 5.91 Å². The van der Waals surface area contributed by atoms with Crippen molar-refractivity contribution in [3.8, 4) is 5.88 Å². The van der Waals surface area contributed by atoms with Gasteiger partial charge in [-0.25, -0.2) is 9.98 Å². The van der Waals surface area contributed by atoms with E-state index < -0.39 is 5.60 Å². The van der Waals surface area contributed by atoms with Crippen LogP contribution in [0.25, 0.3) is 0 Å². The monoisotopic (exact) mass is 393 g/mol. The first-order chi connectivity index (χ1) is 13.8. The van der Waals surface area contributed by atoms with Crippen LogP contribution >= 0.6 is 0 Å². The second-order valence-electron chi connectivity index (χ2n) is 8.36. The molecule has 1 saturated carbocycles. The molecule has 0 saturated heterocycles. The Morgan fingerprint density at radius 2 is 1.83 bits per heavy atom. The van der Waals surface area contributed by atoms with Crippen molar-refractivity contribution in [3.63, 3.8) is 0 Å². The van der Waals surface area contributed by atoms with Gasteiger partial charge in [-0.3, -0.25) is 4.79 Å². The van der Waals surface area contributed by atoms with Gasteiger partial charge in [0, 0.05) is 18.5 Å². The van der Waals surface area contributed by atoms with Gasteiger partial charge in [-0.15, -0.1) is 0 Å². The van der Waals surface area contributed by atoms with E-state index >= 15 is 0 Å². The summed E-state index contributed by atoms with van der Waals surface area (Å²) in [5, 5.41) is 3.04. The molecule has 1 aromatic heterocycles. The van der Waals surface area contributed by atoms with Crippen LogP contribution in [0.3, 0.4) is 0 Å². The number of benzene rings is 1. The number of amides is 1. The van der Waals surface area contributed by atoms with Gasteiger partial charge in [0.1, 0.15) is 11.9 Å². The molecule has 0 unspecified atom stereocenters. The Morgan fingerprint density at radius 1 is 1.14 bits per heavy atom. The van der Waals surface area contributed by atoms with Gasteiger partial charge in [0.25, 0.3) is 0 Å². The highest BCUT2D eigenvalue weighted by Gasteiger charge is 2.35. The van der Waals surface area contributed by atoms with Crippen molar-refractivity contribution in [1.29, 1.82) is 0 Å². The molecule has 2 heterocycles. The highest BCUT2D eigenvalue weighted by Crippen LogP contribution is 2.39. The number of nitrogens with zero attached hydrogens (tertiary/aromatic N) is 3. The summed E-state index contributed by atoms with van der Waals surface area (Å²) in [5.41, 5.74) is 8.98. The Hall–Kier alpha value is -2.96. The largest absolute Gasteiger partial charge is 0.463 e. The molecule has 1 aliphatic carbocycles. The minimum atomic E-state index is -0.619. The van der Waals surface area contributed by atoms with Gasteiger partial charge in [-0.1, -0.05) is 24.3 Å². The highest BCUT2D eigenvalue weighted by atomic mass is 16.5. The fraction of sp³-hybridized carbons (Fsp3) is 0.455. The number of nitrogens with two attached hydrogens (primary N) is 1. The molecule has 7 nitrogen and oxygen atoms in total. The smallest absolute Gasteiger partial charge is 0.246 e. The molecule has 1 fully saturated rings. The van der Waals surface area contributed by atoms with Crippen LogP contribution in [0.15, 0.2) is 35.6 Å². The van der Waals surface area contributed by atoms with Gasteiger partial charge < -0.3 is 15.8 Å². The predicted molar refractivity (Wildman–Crippen MR) is 113 cm³/mol. The minimum absolute atomic E-state index is 0.0588. The van der Waals surface area contributed by atoms with E-state index in [1.54, 1.807) is 6.92 Å². The molecule has 1 aromatic carbocycles. The Morgan fingerprint density at radius 3 is 2.48 bits per heavy atom. The van der Waals surface area contributed by atoms with Gasteiger partial charge >= 0.3 is 0 Å². The molecule has 1 aliphatic heterocycles. The number of rotatable bonds is 3. The van der Waals surface area contributed by atoms with E-state index in [0.717, 1.165) is 37.0 Å². The first-order valence-corrected chi connectivity index (χ1v) is 10.1. The van der Waals surface area contributed by atoms with Crippen LogP contribution in [-0.4, -0.2) is 33.2 Å². The molecule has 0 radical (unpaired) electrons. The highest BCUT2D eigenvalue weighted by molar-refractivity contribution is 6.09. The summed E-state index contributed by atoms with van der Waals surface area (Å²) in [6, 6.07) is 8.87. The predicted octanol–water partition coefficient (Wildman–Crippen LogP) is 3.51. The van der Waals surface area contributed by atoms with Gasteiger partial charge in [0.2, 0.25) is 11.8 Å². The first kappa shape index (κ1) is 19.4. The van der Waals surface area contributed by atoms with Crippen molar-refractivity contribution < 1.29 is 9.53 Å². The number of fused-ring (bicyclic) bond motifs is 1. The molecule has 4 rings (SSSR count). The van der Waals surface area contributed by atoms with Crippen LogP contribution < -0.4 is 15.8 Å². The molecule has 1 amide bonds. The number of anilines is 1. The second-order valence-corrected chi connectivity index (χ2v) is 8.36. The maximum atomic E-state index is 11.3. The Bertz CT molecular complexity index is 944. The summed E-state index contributed by atoms with van der Waals surface area (Å²) in [5.74, 6) is 1.31. The molecule has 0 bridgehead atoms. The maximum absolute atomic E-state index is 11.3. The molecule has 3 N–H and O–H groups in total. The number of aliphatic imine (C=N–C) groups is 1. The zero-order chi connectivity index (χ0) is 20.6. The molecule has 0 atom stereocenters. The standard InChI is InChI=1S/C22H27N5O2/c1-13(28)26-17-10-8-15(9-11-17)14-4-6-16(7-5-14)19-22(2,3)29-21-18(27-19)20(23)24-12-25-21/h4-7,12,15,17H,8-11H2,1-3H3,(H,26,28)(H2,23,24,25)/t15-,17-. The van der Waals surface area contributed by atoms with Crippen LogP contribution in [0.1, 0.15) is 63.5 Å². The lowest BCUT2D eigenvalue weighted by Gasteiger charge is -2.32. The number of nitrogens with one attached hydrogen (secondary N) is 1. The van der Waals surface area contributed by atoms with E-state index in [1.165, 1.54) is 11.9 Å². The molecule has 152 valence electrons. The Kier molecular flexibility index (Phi) is 4.98. The number of hydrogen-bond acceptors (Lipinski definition) is 6. The fourth-order valence-electron chi connectivity index (χ4n) is 4.28. The molecule has 0 spiro atoms. The molecule has 2 aliphatic rings. The van der Waals surface area contributed by atoms with E-state index in [1.807, 2.05) is 13.8 Å². The second kappa shape index (κ2) is 7.46. The summed E-state index contributed by atoms with van der Waals surface area (Å²) >= 11 is 0. The lowest BCUT2D eigenvalue weighted by atomic mass is 9.81. The molecular weight excluding hydrogens is 366 g/mol. The third kappa shape index (κ3) is 3.95. The van der Waals surface area contributed by atoms with Crippen LogP contribution in [0.5, 0.6) is 5.88 Å². The number of aromatic nitrogens is 2. The summed E-state index contributed by atoms with van der Waals surface area (Å²) in [4.78, 5) is 24.2. The Balaban J connectivity index is 1.54. The van der Waals surface area contributed by atoms with E-state index in [0.29, 0.717) is 29.3 Å². The number of ether oxygens (including phenoxy) is 1. The van der Waals surface area contributed by atoms with Crippen molar-refractivity contribution in [2.75, 3.05) is 5.73 Å². The number of hydrogen-bond donors (Lipinski definition) is 2. The summed E-state index contributed by atoms with van der Waals surface area (Å²) in [6.45, 7) is 5.54. The van der Waals surface area contributed by atoms with Crippen LogP contribution in [0.4, 0.5) is 11.5 Å². The molecule has 7 heteroatoms. The third-order valence-corrected chi connectivity index (χ3v) is 5.75. The van der Waals surface area contributed by atoms with E-state index in [9.17, 15) is 4.79 Å². The normalized spacial score (nSPS) is 22.8. The first-order valence-electron chi connectivity index (χ1n) is 10.1. The number of carbonyl (C=O) groups excluding carboxylic acids is 1. The van der Waals surface area contributed by atoms with Crippen molar-refractivity contribution in [3.05, 3.63) is 41.7 Å². The Labute approximate surface area is 170 Å². The SMILES string of the molecule is CC(=O)N[C@H]1CC[C@H](c2ccc(C3=Nc4c(N)ncnc4OC3(C)C)cc2)CC1. The van der Waals surface area contributed by atoms with Gasteiger partial charge in [0.15, 0.2) is 11.5 Å². The quantitative estimate of drug-likeness (QED) is 0.831. The maximum Gasteiger partial charge on any atom is 0.246 e. The summed E-state index contributed by atoms with van der Waals surface area (Å²) < 4.78 is 6.06. The molecule has 2 aromatic rings. The number of nitrogen functional groups attached to an aromatic ring is 1. The minimum Gasteiger partial charge on any atom is -0.463 e. The lowest BCUT2D eigenvalue weighted by Crippen LogP contribution is -2.41. The van der Waals surface area contributed by atoms with Gasteiger partial charge in [0.05, 0.1) is 5.71 Å². The number of carbonyl (C=O) groups is 1. The van der Waals surface area contributed by atoms with Crippen LogP contribution in [0.2, 0.25) is 0 Å². The lowest BCUT2D eigenvalue weighted by molar-refractivity contribution is -0.119. The average molecular weight is 393 g/mol. The van der Waals surface area contributed by atoms with Crippen molar-refractivity contribution in [2.24, 2.45) is 4.99 Å². The van der Waals surface area contributed by atoms with Gasteiger partial charge in [-0.2, -0.15) is 4.98 Å². The molecular formula is C22H27N5O2.